The van der Waals surface area contributed by atoms with Crippen LogP contribution in [0.5, 0.6) is 0 Å². The predicted molar refractivity (Wildman–Crippen MR) is 77.0 cm³/mol. The molecule has 0 aliphatic carbocycles. The molecule has 2 N–H and O–H groups in total. The minimum absolute atomic E-state index is 0.150. The Morgan fingerprint density at radius 3 is 2.40 bits per heavy atom. The van der Waals surface area contributed by atoms with Crippen LogP contribution in [0.1, 0.15) is 26.5 Å². The Hall–Kier alpha value is -1.41. The fourth-order valence-corrected chi connectivity index (χ4v) is 3.10. The van der Waals surface area contributed by atoms with Gasteiger partial charge in [0.2, 0.25) is 0 Å². The van der Waals surface area contributed by atoms with Crippen LogP contribution in [0.15, 0.2) is 6.07 Å². The highest BCUT2D eigenvalue weighted by molar-refractivity contribution is 7.90. The number of aliphatic carboxylic acids is 1. The summed E-state index contributed by atoms with van der Waals surface area (Å²) in [4.78, 5) is 24.4. The van der Waals surface area contributed by atoms with E-state index in [2.05, 4.69) is 5.32 Å². The summed E-state index contributed by atoms with van der Waals surface area (Å²) in [6, 6.07) is 0.477. The molecule has 8 heteroatoms. The SMILES string of the molecule is Cc1cc(C(=O)NC(CCS(C)(=O)=O)C(=O)O)sc1C. The number of nitrogens with one attached hydrogen (secondary N) is 1. The van der Waals surface area contributed by atoms with Crippen molar-refractivity contribution < 1.29 is 23.1 Å². The molecule has 1 aromatic heterocycles. The molecule has 1 unspecified atom stereocenters. The second-order valence-corrected chi connectivity index (χ2v) is 8.15. The number of sulfone groups is 1. The molecule has 1 rings (SSSR count). The van der Waals surface area contributed by atoms with Crippen LogP contribution in [0.4, 0.5) is 0 Å². The molecule has 112 valence electrons. The Morgan fingerprint density at radius 1 is 1.40 bits per heavy atom. The average Bonchev–Trinajstić information content (AvgIpc) is 2.63. The maximum Gasteiger partial charge on any atom is 0.326 e. The van der Waals surface area contributed by atoms with E-state index in [1.807, 2.05) is 13.8 Å². The molecule has 0 fully saturated rings. The van der Waals surface area contributed by atoms with Gasteiger partial charge < -0.3 is 10.4 Å². The Balaban J connectivity index is 2.75. The van der Waals surface area contributed by atoms with Crippen molar-refractivity contribution in [2.75, 3.05) is 12.0 Å². The fourth-order valence-electron chi connectivity index (χ4n) is 1.50. The summed E-state index contributed by atoms with van der Waals surface area (Å²) in [5, 5.41) is 11.4. The first-order chi connectivity index (χ1) is 9.10. The molecule has 0 saturated carbocycles. The number of carbonyl (C=O) groups is 2. The molecule has 0 aliphatic rings. The van der Waals surface area contributed by atoms with Crippen LogP contribution in [0, 0.1) is 13.8 Å². The number of hydrogen-bond acceptors (Lipinski definition) is 5. The fraction of sp³-hybridized carbons (Fsp3) is 0.500. The van der Waals surface area contributed by atoms with E-state index in [1.165, 1.54) is 11.3 Å². The smallest absolute Gasteiger partial charge is 0.326 e. The molecule has 1 amide bonds. The van der Waals surface area contributed by atoms with Crippen molar-refractivity contribution in [3.8, 4) is 0 Å². The van der Waals surface area contributed by atoms with Gasteiger partial charge in [0, 0.05) is 11.1 Å². The van der Waals surface area contributed by atoms with Crippen LogP contribution in [0.3, 0.4) is 0 Å². The molecule has 0 aromatic carbocycles. The quantitative estimate of drug-likeness (QED) is 0.814. The molecule has 0 aliphatic heterocycles. The molecule has 1 aromatic rings. The first kappa shape index (κ1) is 16.6. The monoisotopic (exact) mass is 319 g/mol. The lowest BCUT2D eigenvalue weighted by molar-refractivity contribution is -0.139. The van der Waals surface area contributed by atoms with Crippen molar-refractivity contribution in [2.45, 2.75) is 26.3 Å². The lowest BCUT2D eigenvalue weighted by Crippen LogP contribution is -2.41. The van der Waals surface area contributed by atoms with Crippen LogP contribution in [-0.2, 0) is 14.6 Å². The molecule has 6 nitrogen and oxygen atoms in total. The van der Waals surface area contributed by atoms with E-state index in [1.54, 1.807) is 6.07 Å². The lowest BCUT2D eigenvalue weighted by atomic mass is 10.2. The highest BCUT2D eigenvalue weighted by Gasteiger charge is 2.23. The highest BCUT2D eigenvalue weighted by atomic mass is 32.2. The summed E-state index contributed by atoms with van der Waals surface area (Å²) < 4.78 is 22.1. The zero-order chi connectivity index (χ0) is 15.5. The molecular formula is C12H17NO5S2. The molecule has 0 radical (unpaired) electrons. The third-order valence-electron chi connectivity index (χ3n) is 2.77. The minimum atomic E-state index is -3.27. The summed E-state index contributed by atoms with van der Waals surface area (Å²) in [5.74, 6) is -2.02. The number of amides is 1. The third-order valence-corrected chi connectivity index (χ3v) is 4.90. The normalized spacial score (nSPS) is 12.9. The third kappa shape index (κ3) is 4.93. The van der Waals surface area contributed by atoms with Crippen molar-refractivity contribution in [2.24, 2.45) is 0 Å². The summed E-state index contributed by atoms with van der Waals surface area (Å²) in [6.07, 6.45) is 0.878. The largest absolute Gasteiger partial charge is 0.480 e. The number of rotatable bonds is 6. The molecule has 0 spiro atoms. The van der Waals surface area contributed by atoms with Gasteiger partial charge in [0.25, 0.3) is 5.91 Å². The van der Waals surface area contributed by atoms with Gasteiger partial charge in [0.1, 0.15) is 15.9 Å². The van der Waals surface area contributed by atoms with E-state index >= 15 is 0 Å². The Bertz CT molecular complexity index is 598. The van der Waals surface area contributed by atoms with Gasteiger partial charge in [-0.15, -0.1) is 11.3 Å². The van der Waals surface area contributed by atoms with E-state index in [9.17, 15) is 18.0 Å². The number of carboxylic acids is 1. The number of thiophene rings is 1. The number of hydrogen-bond donors (Lipinski definition) is 2. The number of carboxylic acid groups (broad SMARTS) is 1. The Kier molecular flexibility index (Phi) is 5.29. The predicted octanol–water partition coefficient (Wildman–Crippen LogP) is 0.983. The summed E-state index contributed by atoms with van der Waals surface area (Å²) in [5.41, 5.74) is 0.961. The van der Waals surface area contributed by atoms with Crippen LogP contribution in [-0.4, -0.2) is 43.5 Å². The van der Waals surface area contributed by atoms with Gasteiger partial charge in [-0.2, -0.15) is 0 Å². The maximum atomic E-state index is 11.9. The topological polar surface area (TPSA) is 101 Å². The van der Waals surface area contributed by atoms with Crippen molar-refractivity contribution in [3.63, 3.8) is 0 Å². The minimum Gasteiger partial charge on any atom is -0.480 e. The first-order valence-corrected chi connectivity index (χ1v) is 8.76. The van der Waals surface area contributed by atoms with E-state index in [0.29, 0.717) is 4.88 Å². The average molecular weight is 319 g/mol. The van der Waals surface area contributed by atoms with Gasteiger partial charge in [-0.3, -0.25) is 4.79 Å². The summed E-state index contributed by atoms with van der Waals surface area (Å²) in [7, 11) is -3.27. The molecule has 20 heavy (non-hydrogen) atoms. The second-order valence-electron chi connectivity index (χ2n) is 4.63. The van der Waals surface area contributed by atoms with Crippen molar-refractivity contribution in [1.82, 2.24) is 5.32 Å². The molecule has 0 saturated heterocycles. The molecule has 1 atom stereocenters. The first-order valence-electron chi connectivity index (χ1n) is 5.88. The number of carbonyl (C=O) groups excluding carboxylic acids is 1. The van der Waals surface area contributed by atoms with Crippen LogP contribution < -0.4 is 5.32 Å². The van der Waals surface area contributed by atoms with Gasteiger partial charge in [0.15, 0.2) is 0 Å². The van der Waals surface area contributed by atoms with Gasteiger partial charge in [-0.1, -0.05) is 0 Å². The maximum absolute atomic E-state index is 11.9. The zero-order valence-corrected chi connectivity index (χ0v) is 13.1. The van der Waals surface area contributed by atoms with Gasteiger partial charge >= 0.3 is 5.97 Å². The van der Waals surface area contributed by atoms with E-state index < -0.39 is 27.8 Å². The highest BCUT2D eigenvalue weighted by Crippen LogP contribution is 2.20. The van der Waals surface area contributed by atoms with Gasteiger partial charge in [-0.05, 0) is 31.9 Å². The zero-order valence-electron chi connectivity index (χ0n) is 11.5. The Morgan fingerprint density at radius 2 is 2.00 bits per heavy atom. The van der Waals surface area contributed by atoms with E-state index in [-0.39, 0.29) is 12.2 Å². The summed E-state index contributed by atoms with van der Waals surface area (Å²) in [6.45, 7) is 3.73. The van der Waals surface area contributed by atoms with E-state index in [4.69, 9.17) is 5.11 Å². The van der Waals surface area contributed by atoms with Crippen LogP contribution in [0.25, 0.3) is 0 Å². The summed E-state index contributed by atoms with van der Waals surface area (Å²) >= 11 is 1.28. The molecule has 1 heterocycles. The molecular weight excluding hydrogens is 302 g/mol. The van der Waals surface area contributed by atoms with Crippen molar-refractivity contribution in [1.29, 1.82) is 0 Å². The molecule has 0 bridgehead atoms. The van der Waals surface area contributed by atoms with Crippen molar-refractivity contribution in [3.05, 3.63) is 21.4 Å². The number of aryl methyl sites for hydroxylation is 2. The van der Waals surface area contributed by atoms with Crippen molar-refractivity contribution >= 4 is 33.1 Å². The Labute approximate surface area is 121 Å². The second kappa shape index (κ2) is 6.36. The van der Waals surface area contributed by atoms with Crippen LogP contribution >= 0.6 is 11.3 Å². The standard InChI is InChI=1S/C12H17NO5S2/c1-7-6-10(19-8(7)2)11(14)13-9(12(15)16)4-5-20(3,17)18/h6,9H,4-5H2,1-3H3,(H,13,14)(H,15,16). The van der Waals surface area contributed by atoms with Gasteiger partial charge in [-0.25, -0.2) is 13.2 Å². The van der Waals surface area contributed by atoms with Gasteiger partial charge in [0.05, 0.1) is 10.6 Å². The van der Waals surface area contributed by atoms with Crippen LogP contribution in [0.2, 0.25) is 0 Å². The van der Waals surface area contributed by atoms with E-state index in [0.717, 1.165) is 16.7 Å². The lowest BCUT2D eigenvalue weighted by Gasteiger charge is -2.13.